The molecular formula is C7H17N5O. The van der Waals surface area contributed by atoms with Crippen LogP contribution in [-0.4, -0.2) is 29.5 Å². The highest BCUT2D eigenvalue weighted by molar-refractivity contribution is 5.74. The summed E-state index contributed by atoms with van der Waals surface area (Å²) in [6.07, 6.45) is 0.662. The molecule has 13 heavy (non-hydrogen) atoms. The Labute approximate surface area is 77.7 Å². The smallest absolute Gasteiger partial charge is 0.217 e. The highest BCUT2D eigenvalue weighted by Crippen LogP contribution is 1.91. The highest BCUT2D eigenvalue weighted by atomic mass is 16.1. The van der Waals surface area contributed by atoms with Crippen LogP contribution in [0.2, 0.25) is 0 Å². The van der Waals surface area contributed by atoms with Crippen LogP contribution in [0.1, 0.15) is 20.3 Å². The van der Waals surface area contributed by atoms with Crippen molar-refractivity contribution >= 4 is 11.9 Å². The van der Waals surface area contributed by atoms with Crippen molar-refractivity contribution in [2.45, 2.75) is 26.3 Å². The van der Waals surface area contributed by atoms with E-state index in [9.17, 15) is 4.79 Å². The molecule has 0 heterocycles. The molecule has 6 heteroatoms. The number of amides is 1. The van der Waals surface area contributed by atoms with Crippen molar-refractivity contribution in [1.82, 2.24) is 10.3 Å². The van der Waals surface area contributed by atoms with Crippen LogP contribution in [0.15, 0.2) is 0 Å². The van der Waals surface area contributed by atoms with Crippen LogP contribution in [0.25, 0.3) is 0 Å². The lowest BCUT2D eigenvalue weighted by Gasteiger charge is -2.18. The molecule has 0 fully saturated rings. The Morgan fingerprint density at radius 2 is 2.23 bits per heavy atom. The molecule has 0 spiro atoms. The fourth-order valence-corrected chi connectivity index (χ4v) is 0.872. The molecule has 0 bridgehead atoms. The van der Waals surface area contributed by atoms with Gasteiger partial charge in [0, 0.05) is 19.5 Å². The number of carbonyl (C=O) groups is 1. The minimum atomic E-state index is -0.171. The van der Waals surface area contributed by atoms with Crippen LogP contribution in [0.5, 0.6) is 0 Å². The first-order valence-corrected chi connectivity index (χ1v) is 4.07. The van der Waals surface area contributed by atoms with Gasteiger partial charge < -0.3 is 11.1 Å². The van der Waals surface area contributed by atoms with Gasteiger partial charge in [0.15, 0.2) is 0 Å². The number of hydrazine groups is 1. The zero-order chi connectivity index (χ0) is 10.4. The number of guanidine groups is 1. The standard InChI is InChI=1S/C7H17N5O/c1-5(11-6(2)13)3-4-12(10)7(8)9/h5H,3-4,10H2,1-2H3,(H3,8,9)(H,11,13). The topological polar surface area (TPSA) is 108 Å². The van der Waals surface area contributed by atoms with Crippen LogP contribution in [0.3, 0.4) is 0 Å². The molecule has 0 saturated heterocycles. The Bertz CT molecular complexity index is 193. The van der Waals surface area contributed by atoms with E-state index < -0.39 is 0 Å². The predicted molar refractivity (Wildman–Crippen MR) is 50.7 cm³/mol. The Morgan fingerprint density at radius 1 is 1.69 bits per heavy atom. The summed E-state index contributed by atoms with van der Waals surface area (Å²) in [7, 11) is 0. The zero-order valence-electron chi connectivity index (χ0n) is 8.00. The number of rotatable bonds is 4. The number of carbonyl (C=O) groups excluding carboxylic acids is 1. The summed E-state index contributed by atoms with van der Waals surface area (Å²) in [4.78, 5) is 10.6. The largest absolute Gasteiger partial charge is 0.369 e. The van der Waals surface area contributed by atoms with E-state index in [2.05, 4.69) is 5.32 Å². The van der Waals surface area contributed by atoms with Gasteiger partial charge in [0.1, 0.15) is 0 Å². The van der Waals surface area contributed by atoms with Gasteiger partial charge in [-0.3, -0.25) is 15.2 Å². The molecule has 76 valence electrons. The maximum Gasteiger partial charge on any atom is 0.217 e. The molecule has 0 aliphatic rings. The lowest BCUT2D eigenvalue weighted by molar-refractivity contribution is -0.119. The van der Waals surface area contributed by atoms with Crippen molar-refractivity contribution in [2.24, 2.45) is 11.6 Å². The van der Waals surface area contributed by atoms with E-state index in [1.54, 1.807) is 0 Å². The molecule has 6 nitrogen and oxygen atoms in total. The number of hydrogen-bond donors (Lipinski definition) is 4. The van der Waals surface area contributed by atoms with Gasteiger partial charge in [-0.05, 0) is 13.3 Å². The molecule has 0 radical (unpaired) electrons. The highest BCUT2D eigenvalue weighted by Gasteiger charge is 2.06. The van der Waals surface area contributed by atoms with E-state index in [0.717, 1.165) is 5.01 Å². The SMILES string of the molecule is CC(=O)NC(C)CCN(N)C(=N)N. The average Bonchev–Trinajstić information content (AvgIpc) is 1.98. The predicted octanol–water partition coefficient (Wildman–Crippen LogP) is -1.03. The first kappa shape index (κ1) is 11.7. The minimum absolute atomic E-state index is 0.0444. The molecule has 6 N–H and O–H groups in total. The Hall–Kier alpha value is -1.30. The first-order chi connectivity index (χ1) is 5.93. The van der Waals surface area contributed by atoms with E-state index in [-0.39, 0.29) is 17.9 Å². The van der Waals surface area contributed by atoms with Gasteiger partial charge in [-0.1, -0.05) is 0 Å². The third-order valence-corrected chi connectivity index (χ3v) is 1.56. The molecule has 0 aromatic carbocycles. The maximum absolute atomic E-state index is 10.6. The fourth-order valence-electron chi connectivity index (χ4n) is 0.872. The quantitative estimate of drug-likeness (QED) is 0.195. The van der Waals surface area contributed by atoms with Gasteiger partial charge in [0.25, 0.3) is 0 Å². The minimum Gasteiger partial charge on any atom is -0.369 e. The van der Waals surface area contributed by atoms with Crippen LogP contribution < -0.4 is 16.9 Å². The molecule has 1 amide bonds. The number of nitrogens with one attached hydrogen (secondary N) is 2. The third-order valence-electron chi connectivity index (χ3n) is 1.56. The Kier molecular flexibility index (Phi) is 4.83. The maximum atomic E-state index is 10.6. The van der Waals surface area contributed by atoms with Crippen LogP contribution in [0, 0.1) is 5.41 Å². The molecule has 0 saturated carbocycles. The summed E-state index contributed by atoms with van der Waals surface area (Å²) in [6, 6.07) is 0.0444. The molecule has 0 aromatic heterocycles. The van der Waals surface area contributed by atoms with Crippen molar-refractivity contribution in [3.05, 3.63) is 0 Å². The van der Waals surface area contributed by atoms with E-state index >= 15 is 0 Å². The second-order valence-electron chi connectivity index (χ2n) is 2.97. The molecule has 1 unspecified atom stereocenters. The van der Waals surface area contributed by atoms with Gasteiger partial charge in [-0.15, -0.1) is 0 Å². The monoisotopic (exact) mass is 187 g/mol. The van der Waals surface area contributed by atoms with Crippen LogP contribution >= 0.6 is 0 Å². The lowest BCUT2D eigenvalue weighted by Crippen LogP contribution is -2.44. The number of nitrogens with two attached hydrogens (primary N) is 2. The van der Waals surface area contributed by atoms with Gasteiger partial charge in [-0.2, -0.15) is 0 Å². The molecule has 0 aromatic rings. The second-order valence-corrected chi connectivity index (χ2v) is 2.97. The van der Waals surface area contributed by atoms with Crippen molar-refractivity contribution in [3.63, 3.8) is 0 Å². The molecule has 0 rings (SSSR count). The van der Waals surface area contributed by atoms with Crippen molar-refractivity contribution in [1.29, 1.82) is 5.41 Å². The normalized spacial score (nSPS) is 11.9. The summed E-state index contributed by atoms with van der Waals surface area (Å²) < 4.78 is 0. The first-order valence-electron chi connectivity index (χ1n) is 4.07. The van der Waals surface area contributed by atoms with Crippen molar-refractivity contribution in [3.8, 4) is 0 Å². The number of hydrogen-bond acceptors (Lipinski definition) is 3. The van der Waals surface area contributed by atoms with E-state index in [1.807, 2.05) is 6.92 Å². The molecular weight excluding hydrogens is 170 g/mol. The van der Waals surface area contributed by atoms with Gasteiger partial charge >= 0.3 is 0 Å². The lowest BCUT2D eigenvalue weighted by atomic mass is 10.2. The van der Waals surface area contributed by atoms with Crippen molar-refractivity contribution in [2.75, 3.05) is 6.54 Å². The second kappa shape index (κ2) is 5.36. The zero-order valence-corrected chi connectivity index (χ0v) is 8.00. The Morgan fingerprint density at radius 3 is 2.62 bits per heavy atom. The fraction of sp³-hybridized carbons (Fsp3) is 0.714. The average molecular weight is 187 g/mol. The third kappa shape index (κ3) is 5.92. The summed E-state index contributed by atoms with van der Waals surface area (Å²) in [5.74, 6) is 5.12. The molecule has 0 aliphatic heterocycles. The van der Waals surface area contributed by atoms with E-state index in [0.29, 0.717) is 13.0 Å². The Balaban J connectivity index is 3.63. The van der Waals surface area contributed by atoms with Crippen molar-refractivity contribution < 1.29 is 4.79 Å². The van der Waals surface area contributed by atoms with E-state index in [4.69, 9.17) is 17.0 Å². The summed E-state index contributed by atoms with van der Waals surface area (Å²) in [6.45, 7) is 3.79. The van der Waals surface area contributed by atoms with Crippen LogP contribution in [-0.2, 0) is 4.79 Å². The van der Waals surface area contributed by atoms with E-state index in [1.165, 1.54) is 6.92 Å². The van der Waals surface area contributed by atoms with Crippen LogP contribution in [0.4, 0.5) is 0 Å². The molecule has 1 atom stereocenters. The van der Waals surface area contributed by atoms with Gasteiger partial charge in [0.05, 0.1) is 0 Å². The summed E-state index contributed by atoms with van der Waals surface area (Å²) >= 11 is 0. The van der Waals surface area contributed by atoms with Gasteiger partial charge in [-0.25, -0.2) is 5.84 Å². The molecule has 0 aliphatic carbocycles. The summed E-state index contributed by atoms with van der Waals surface area (Å²) in [5, 5.41) is 10.8. The van der Waals surface area contributed by atoms with Gasteiger partial charge in [0.2, 0.25) is 11.9 Å². The summed E-state index contributed by atoms with van der Waals surface area (Å²) in [5.41, 5.74) is 5.12. The number of nitrogens with zero attached hydrogens (tertiary/aromatic N) is 1.